The average molecular weight is 287 g/mol. The summed E-state index contributed by atoms with van der Waals surface area (Å²) in [4.78, 5) is 16.5. The predicted octanol–water partition coefficient (Wildman–Crippen LogP) is 2.09. The first-order valence-electron chi connectivity index (χ1n) is 6.09. The van der Waals surface area contributed by atoms with E-state index in [2.05, 4.69) is 20.5 Å². The summed E-state index contributed by atoms with van der Waals surface area (Å²) in [5.74, 6) is -0.246. The van der Waals surface area contributed by atoms with Crippen molar-refractivity contribution in [1.82, 2.24) is 20.5 Å². The van der Waals surface area contributed by atoms with E-state index in [1.54, 1.807) is 24.4 Å². The van der Waals surface area contributed by atoms with E-state index < -0.39 is 0 Å². The number of nitrogens with zero attached hydrogens (tertiary/aromatic N) is 2. The highest BCUT2D eigenvalue weighted by atomic mass is 32.1. The van der Waals surface area contributed by atoms with Gasteiger partial charge in [0.1, 0.15) is 5.01 Å². The molecule has 2 heterocycles. The molecule has 4 N–H and O–H groups in total. The molecule has 3 aromatic rings. The Morgan fingerprint density at radius 2 is 2.35 bits per heavy atom. The summed E-state index contributed by atoms with van der Waals surface area (Å²) in [6.07, 6.45) is 1.72. The molecule has 0 radical (unpaired) electrons. The SMILES string of the molecule is CC(NC(=O)c1n[nH]c2ccc(N)cc12)c1nccs1. The molecule has 3 rings (SSSR count). The van der Waals surface area contributed by atoms with Crippen molar-refractivity contribution in [1.29, 1.82) is 0 Å². The summed E-state index contributed by atoms with van der Waals surface area (Å²) in [6, 6.07) is 5.15. The first-order valence-corrected chi connectivity index (χ1v) is 6.97. The lowest BCUT2D eigenvalue weighted by Gasteiger charge is -2.09. The number of nitrogens with one attached hydrogen (secondary N) is 2. The average Bonchev–Trinajstić information content (AvgIpc) is 3.07. The van der Waals surface area contributed by atoms with Gasteiger partial charge in [-0.2, -0.15) is 5.10 Å². The molecule has 0 saturated carbocycles. The number of nitrogen functional groups attached to an aromatic ring is 1. The number of carbonyl (C=O) groups excluding carboxylic acids is 1. The van der Waals surface area contributed by atoms with Crippen molar-refractivity contribution < 1.29 is 4.79 Å². The van der Waals surface area contributed by atoms with E-state index in [1.807, 2.05) is 12.3 Å². The summed E-state index contributed by atoms with van der Waals surface area (Å²) in [5, 5.41) is 13.2. The van der Waals surface area contributed by atoms with Crippen LogP contribution in [0.1, 0.15) is 28.5 Å². The minimum atomic E-state index is -0.246. The predicted molar refractivity (Wildman–Crippen MR) is 78.5 cm³/mol. The van der Waals surface area contributed by atoms with Gasteiger partial charge in [0.15, 0.2) is 5.69 Å². The zero-order valence-corrected chi connectivity index (χ0v) is 11.6. The molecular formula is C13H13N5OS. The maximum Gasteiger partial charge on any atom is 0.272 e. The Hall–Kier alpha value is -2.41. The maximum absolute atomic E-state index is 12.3. The number of aromatic amines is 1. The first kappa shape index (κ1) is 12.6. The molecule has 20 heavy (non-hydrogen) atoms. The summed E-state index contributed by atoms with van der Waals surface area (Å²) >= 11 is 1.50. The van der Waals surface area contributed by atoms with E-state index >= 15 is 0 Å². The molecule has 0 fully saturated rings. The molecular weight excluding hydrogens is 274 g/mol. The second kappa shape index (κ2) is 4.93. The third-order valence-electron chi connectivity index (χ3n) is 2.97. The number of nitrogens with two attached hydrogens (primary N) is 1. The van der Waals surface area contributed by atoms with Crippen molar-refractivity contribution in [2.45, 2.75) is 13.0 Å². The molecule has 1 aromatic carbocycles. The molecule has 0 bridgehead atoms. The second-order valence-corrected chi connectivity index (χ2v) is 5.37. The van der Waals surface area contributed by atoms with Crippen molar-refractivity contribution in [3.63, 3.8) is 0 Å². The van der Waals surface area contributed by atoms with Crippen molar-refractivity contribution >= 4 is 33.8 Å². The number of carbonyl (C=O) groups is 1. The van der Waals surface area contributed by atoms with Crippen molar-refractivity contribution in [2.24, 2.45) is 0 Å². The van der Waals surface area contributed by atoms with Crippen LogP contribution in [0, 0.1) is 0 Å². The monoisotopic (exact) mass is 287 g/mol. The molecule has 0 spiro atoms. The van der Waals surface area contributed by atoms with Crippen LogP contribution in [0.5, 0.6) is 0 Å². The van der Waals surface area contributed by atoms with Crippen LogP contribution in [0.2, 0.25) is 0 Å². The number of fused-ring (bicyclic) bond motifs is 1. The Kier molecular flexibility index (Phi) is 3.11. The van der Waals surface area contributed by atoms with Crippen molar-refractivity contribution in [2.75, 3.05) is 5.73 Å². The van der Waals surface area contributed by atoms with Gasteiger partial charge in [0, 0.05) is 22.7 Å². The summed E-state index contributed by atoms with van der Waals surface area (Å²) in [5.41, 5.74) is 7.47. The summed E-state index contributed by atoms with van der Waals surface area (Å²) < 4.78 is 0. The first-order chi connectivity index (χ1) is 9.65. The van der Waals surface area contributed by atoms with Gasteiger partial charge in [-0.3, -0.25) is 9.89 Å². The number of thiazole rings is 1. The zero-order valence-electron chi connectivity index (χ0n) is 10.8. The number of anilines is 1. The molecule has 1 unspecified atom stereocenters. The third kappa shape index (κ3) is 2.23. The molecule has 6 nitrogen and oxygen atoms in total. The smallest absolute Gasteiger partial charge is 0.272 e. The summed E-state index contributed by atoms with van der Waals surface area (Å²) in [7, 11) is 0. The number of rotatable bonds is 3. The normalized spacial score (nSPS) is 12.4. The Labute approximate surface area is 119 Å². The Bertz CT molecular complexity index is 749. The van der Waals surface area contributed by atoms with Gasteiger partial charge in [-0.1, -0.05) is 0 Å². The van der Waals surface area contributed by atoms with E-state index in [1.165, 1.54) is 11.3 Å². The highest BCUT2D eigenvalue weighted by Gasteiger charge is 2.18. The lowest BCUT2D eigenvalue weighted by molar-refractivity contribution is 0.0936. The number of hydrogen-bond donors (Lipinski definition) is 3. The molecule has 1 atom stereocenters. The second-order valence-electron chi connectivity index (χ2n) is 4.44. The van der Waals surface area contributed by atoms with E-state index in [0.717, 1.165) is 10.5 Å². The van der Waals surface area contributed by atoms with Gasteiger partial charge in [0.2, 0.25) is 0 Å². The quantitative estimate of drug-likeness (QED) is 0.643. The van der Waals surface area contributed by atoms with Gasteiger partial charge < -0.3 is 11.1 Å². The van der Waals surface area contributed by atoms with Crippen LogP contribution in [-0.2, 0) is 0 Å². The molecule has 2 aromatic heterocycles. The van der Waals surface area contributed by atoms with E-state index in [-0.39, 0.29) is 11.9 Å². The number of benzene rings is 1. The lowest BCUT2D eigenvalue weighted by atomic mass is 10.2. The fraction of sp³-hybridized carbons (Fsp3) is 0.154. The summed E-state index contributed by atoms with van der Waals surface area (Å²) in [6.45, 7) is 1.89. The Morgan fingerprint density at radius 3 is 3.10 bits per heavy atom. The molecule has 0 aliphatic rings. The number of H-pyrrole nitrogens is 1. The van der Waals surface area contributed by atoms with Crippen LogP contribution < -0.4 is 11.1 Å². The molecule has 0 saturated heterocycles. The minimum absolute atomic E-state index is 0.157. The highest BCUT2D eigenvalue weighted by Crippen LogP contribution is 2.20. The van der Waals surface area contributed by atoms with Gasteiger partial charge in [0.05, 0.1) is 11.6 Å². The van der Waals surface area contributed by atoms with Crippen molar-refractivity contribution in [3.05, 3.63) is 40.5 Å². The van der Waals surface area contributed by atoms with Crippen LogP contribution in [0.15, 0.2) is 29.8 Å². The minimum Gasteiger partial charge on any atom is -0.399 e. The van der Waals surface area contributed by atoms with Crippen LogP contribution in [0.25, 0.3) is 10.9 Å². The van der Waals surface area contributed by atoms with Gasteiger partial charge in [-0.15, -0.1) is 11.3 Å². The van der Waals surface area contributed by atoms with Gasteiger partial charge in [-0.05, 0) is 25.1 Å². The number of amides is 1. The van der Waals surface area contributed by atoms with Crippen molar-refractivity contribution in [3.8, 4) is 0 Å². The van der Waals surface area contributed by atoms with Crippen LogP contribution >= 0.6 is 11.3 Å². The van der Waals surface area contributed by atoms with Gasteiger partial charge in [0.25, 0.3) is 5.91 Å². The third-order valence-corrected chi connectivity index (χ3v) is 3.93. The van der Waals surface area contributed by atoms with E-state index in [4.69, 9.17) is 5.73 Å². The van der Waals surface area contributed by atoms with Crippen LogP contribution in [-0.4, -0.2) is 21.1 Å². The Balaban J connectivity index is 1.87. The molecule has 102 valence electrons. The number of hydrogen-bond acceptors (Lipinski definition) is 5. The van der Waals surface area contributed by atoms with Crippen LogP contribution in [0.3, 0.4) is 0 Å². The van der Waals surface area contributed by atoms with Gasteiger partial charge in [-0.25, -0.2) is 4.98 Å². The van der Waals surface area contributed by atoms with Crippen LogP contribution in [0.4, 0.5) is 5.69 Å². The van der Waals surface area contributed by atoms with E-state index in [0.29, 0.717) is 16.8 Å². The molecule has 7 heteroatoms. The molecule has 1 amide bonds. The zero-order chi connectivity index (χ0) is 14.1. The lowest BCUT2D eigenvalue weighted by Crippen LogP contribution is -2.27. The molecule has 0 aliphatic carbocycles. The highest BCUT2D eigenvalue weighted by molar-refractivity contribution is 7.09. The topological polar surface area (TPSA) is 96.7 Å². The fourth-order valence-corrected chi connectivity index (χ4v) is 2.63. The fourth-order valence-electron chi connectivity index (χ4n) is 1.98. The maximum atomic E-state index is 12.3. The Morgan fingerprint density at radius 1 is 1.50 bits per heavy atom. The number of aromatic nitrogens is 3. The largest absolute Gasteiger partial charge is 0.399 e. The van der Waals surface area contributed by atoms with Gasteiger partial charge >= 0.3 is 0 Å². The molecule has 0 aliphatic heterocycles. The standard InChI is InChI=1S/C13H13N5OS/c1-7(13-15-4-5-20-13)16-12(19)11-9-6-8(14)2-3-10(9)17-18-11/h2-7H,14H2,1H3,(H,16,19)(H,17,18). The van der Waals surface area contributed by atoms with E-state index in [9.17, 15) is 4.79 Å².